The number of rotatable bonds is 7. The first kappa shape index (κ1) is 20.1. The molecule has 2 heterocycles. The van der Waals surface area contributed by atoms with Crippen LogP contribution in [0.25, 0.3) is 0 Å². The van der Waals surface area contributed by atoms with Crippen LogP contribution in [0.1, 0.15) is 45.4 Å². The Labute approximate surface area is 154 Å². The molecule has 0 radical (unpaired) electrons. The minimum Gasteiger partial charge on any atom is -0.468 e. The molecular formula is C18H30N4O4. The molecule has 8 heteroatoms. The smallest absolute Gasteiger partial charge is 0.407 e. The Bertz CT molecular complexity index is 562. The van der Waals surface area contributed by atoms with Gasteiger partial charge in [0.15, 0.2) is 0 Å². The molecular weight excluding hydrogens is 336 g/mol. The first-order valence-corrected chi connectivity index (χ1v) is 9.11. The maximum Gasteiger partial charge on any atom is 0.407 e. The van der Waals surface area contributed by atoms with Crippen LogP contribution < -0.4 is 16.0 Å². The summed E-state index contributed by atoms with van der Waals surface area (Å²) in [6.07, 6.45) is 3.49. The van der Waals surface area contributed by atoms with E-state index in [1.807, 2.05) is 12.1 Å². The number of likely N-dealkylation sites (tertiary alicyclic amines) is 1. The third-order valence-corrected chi connectivity index (χ3v) is 3.99. The summed E-state index contributed by atoms with van der Waals surface area (Å²) >= 11 is 0. The van der Waals surface area contributed by atoms with Gasteiger partial charge >= 0.3 is 12.1 Å². The number of urea groups is 1. The number of hydrogen-bond acceptors (Lipinski definition) is 5. The van der Waals surface area contributed by atoms with Gasteiger partial charge in [0.05, 0.1) is 12.3 Å². The van der Waals surface area contributed by atoms with Gasteiger partial charge in [-0.05, 0) is 58.8 Å². The van der Waals surface area contributed by atoms with Crippen molar-refractivity contribution in [2.45, 2.75) is 45.3 Å². The van der Waals surface area contributed by atoms with E-state index in [2.05, 4.69) is 20.9 Å². The molecule has 0 spiro atoms. The van der Waals surface area contributed by atoms with E-state index in [-0.39, 0.29) is 12.1 Å². The van der Waals surface area contributed by atoms with Crippen molar-refractivity contribution in [3.05, 3.63) is 24.2 Å². The molecule has 2 rings (SSSR count). The molecule has 146 valence electrons. The molecule has 8 nitrogen and oxygen atoms in total. The van der Waals surface area contributed by atoms with E-state index in [0.29, 0.717) is 19.6 Å². The second-order valence-electron chi connectivity index (χ2n) is 7.34. The zero-order valence-corrected chi connectivity index (χ0v) is 15.8. The predicted octanol–water partition coefficient (Wildman–Crippen LogP) is 2.24. The Morgan fingerprint density at radius 1 is 1.19 bits per heavy atom. The zero-order valence-electron chi connectivity index (χ0n) is 15.8. The first-order valence-electron chi connectivity index (χ1n) is 9.11. The lowest BCUT2D eigenvalue weighted by molar-refractivity contribution is 0.0528. The van der Waals surface area contributed by atoms with Crippen LogP contribution in [0.4, 0.5) is 9.59 Å². The largest absolute Gasteiger partial charge is 0.468 e. The Hall–Kier alpha value is -2.22. The summed E-state index contributed by atoms with van der Waals surface area (Å²) in [5.74, 6) is 0.860. The highest BCUT2D eigenvalue weighted by Crippen LogP contribution is 2.24. The normalized spacial score (nSPS) is 16.1. The Balaban J connectivity index is 1.67. The van der Waals surface area contributed by atoms with Crippen LogP contribution in [0.3, 0.4) is 0 Å². The number of nitrogens with zero attached hydrogens (tertiary/aromatic N) is 1. The van der Waals surface area contributed by atoms with Crippen LogP contribution in [0.2, 0.25) is 0 Å². The highest BCUT2D eigenvalue weighted by Gasteiger charge is 2.25. The number of alkyl carbamates (subject to hydrolysis) is 1. The van der Waals surface area contributed by atoms with Gasteiger partial charge in [0.1, 0.15) is 11.4 Å². The Morgan fingerprint density at radius 2 is 1.88 bits per heavy atom. The van der Waals surface area contributed by atoms with Crippen LogP contribution in [-0.2, 0) is 4.74 Å². The van der Waals surface area contributed by atoms with Gasteiger partial charge < -0.3 is 25.1 Å². The molecule has 3 N–H and O–H groups in total. The fraction of sp³-hybridized carbons (Fsp3) is 0.667. The van der Waals surface area contributed by atoms with Crippen molar-refractivity contribution in [3.63, 3.8) is 0 Å². The molecule has 1 aromatic rings. The molecule has 1 saturated heterocycles. The molecule has 0 aliphatic carbocycles. The maximum absolute atomic E-state index is 12.0. The van der Waals surface area contributed by atoms with E-state index in [9.17, 15) is 9.59 Å². The van der Waals surface area contributed by atoms with Gasteiger partial charge in [-0.2, -0.15) is 0 Å². The summed E-state index contributed by atoms with van der Waals surface area (Å²) in [4.78, 5) is 25.8. The first-order chi connectivity index (χ1) is 12.3. The zero-order chi connectivity index (χ0) is 19.0. The predicted molar refractivity (Wildman–Crippen MR) is 97.9 cm³/mol. The highest BCUT2D eigenvalue weighted by atomic mass is 16.6. The van der Waals surface area contributed by atoms with Gasteiger partial charge in [-0.1, -0.05) is 0 Å². The second kappa shape index (κ2) is 9.47. The molecule has 1 aliphatic heterocycles. The fourth-order valence-electron chi connectivity index (χ4n) is 2.85. The summed E-state index contributed by atoms with van der Waals surface area (Å²) in [6.45, 7) is 8.51. The van der Waals surface area contributed by atoms with Crippen LogP contribution in [0.15, 0.2) is 22.8 Å². The van der Waals surface area contributed by atoms with Gasteiger partial charge in [-0.3, -0.25) is 4.90 Å². The van der Waals surface area contributed by atoms with Crippen LogP contribution in [-0.4, -0.2) is 55.3 Å². The third-order valence-electron chi connectivity index (χ3n) is 3.99. The lowest BCUT2D eigenvalue weighted by Gasteiger charge is -2.26. The Morgan fingerprint density at radius 3 is 2.50 bits per heavy atom. The van der Waals surface area contributed by atoms with E-state index < -0.39 is 11.7 Å². The summed E-state index contributed by atoms with van der Waals surface area (Å²) < 4.78 is 10.7. The molecule has 1 atom stereocenters. The van der Waals surface area contributed by atoms with Gasteiger partial charge in [-0.15, -0.1) is 0 Å². The molecule has 1 aliphatic rings. The number of nitrogens with one attached hydrogen (secondary N) is 3. The monoisotopic (exact) mass is 366 g/mol. The van der Waals surface area contributed by atoms with Crippen molar-refractivity contribution in [2.75, 3.05) is 32.7 Å². The summed E-state index contributed by atoms with van der Waals surface area (Å²) in [6, 6.07) is 3.57. The van der Waals surface area contributed by atoms with Crippen LogP contribution >= 0.6 is 0 Å². The van der Waals surface area contributed by atoms with Gasteiger partial charge in [0, 0.05) is 19.6 Å². The molecule has 0 unspecified atom stereocenters. The molecule has 0 bridgehead atoms. The van der Waals surface area contributed by atoms with E-state index in [1.165, 1.54) is 12.8 Å². The minimum atomic E-state index is -0.536. The summed E-state index contributed by atoms with van der Waals surface area (Å²) in [7, 11) is 0. The average molecular weight is 366 g/mol. The molecule has 1 aromatic heterocycles. The fourth-order valence-corrected chi connectivity index (χ4v) is 2.85. The number of furan rings is 1. The van der Waals surface area contributed by atoms with Crippen molar-refractivity contribution < 1.29 is 18.7 Å². The van der Waals surface area contributed by atoms with Crippen molar-refractivity contribution in [2.24, 2.45) is 0 Å². The summed E-state index contributed by atoms with van der Waals surface area (Å²) in [5, 5.41) is 8.20. The highest BCUT2D eigenvalue weighted by molar-refractivity contribution is 5.74. The minimum absolute atomic E-state index is 0.0399. The maximum atomic E-state index is 12.0. The Kier molecular flexibility index (Phi) is 7.32. The molecule has 0 saturated carbocycles. The van der Waals surface area contributed by atoms with Crippen molar-refractivity contribution in [1.82, 2.24) is 20.9 Å². The van der Waals surface area contributed by atoms with E-state index in [1.54, 1.807) is 27.0 Å². The SMILES string of the molecule is CC(C)(C)OC(=O)NCCNC(=O)NC[C@@H](c1ccco1)N1CCCC1. The molecule has 26 heavy (non-hydrogen) atoms. The number of carbonyl (C=O) groups is 2. The van der Waals surface area contributed by atoms with Gasteiger partial charge in [0.25, 0.3) is 0 Å². The molecule has 0 aromatic carbocycles. The topological polar surface area (TPSA) is 95.8 Å². The van der Waals surface area contributed by atoms with E-state index in [0.717, 1.165) is 18.8 Å². The van der Waals surface area contributed by atoms with Crippen molar-refractivity contribution >= 4 is 12.1 Å². The second-order valence-corrected chi connectivity index (χ2v) is 7.34. The third kappa shape index (κ3) is 6.95. The van der Waals surface area contributed by atoms with E-state index >= 15 is 0 Å². The van der Waals surface area contributed by atoms with E-state index in [4.69, 9.17) is 9.15 Å². The van der Waals surface area contributed by atoms with Crippen molar-refractivity contribution in [3.8, 4) is 0 Å². The lowest BCUT2D eigenvalue weighted by atomic mass is 10.2. The number of hydrogen-bond donors (Lipinski definition) is 3. The molecule has 1 fully saturated rings. The number of ether oxygens (including phenoxy) is 1. The summed E-state index contributed by atoms with van der Waals surface area (Å²) in [5.41, 5.74) is -0.536. The average Bonchev–Trinajstić information content (AvgIpc) is 3.24. The van der Waals surface area contributed by atoms with Crippen molar-refractivity contribution in [1.29, 1.82) is 0 Å². The van der Waals surface area contributed by atoms with Crippen LogP contribution in [0.5, 0.6) is 0 Å². The van der Waals surface area contributed by atoms with Gasteiger partial charge in [-0.25, -0.2) is 9.59 Å². The van der Waals surface area contributed by atoms with Gasteiger partial charge in [0.2, 0.25) is 0 Å². The lowest BCUT2D eigenvalue weighted by Crippen LogP contribution is -2.44. The quantitative estimate of drug-likeness (QED) is 0.643. The number of amides is 3. The number of carbonyl (C=O) groups excluding carboxylic acids is 2. The van der Waals surface area contributed by atoms with Crippen LogP contribution in [0, 0.1) is 0 Å². The molecule has 3 amide bonds. The standard InChI is InChI=1S/C18H30N4O4/c1-18(2,3)26-17(24)20-9-8-19-16(23)21-13-14(15-7-6-12-25-15)22-10-4-5-11-22/h6-7,12,14H,4-5,8-11,13H2,1-3H3,(H,20,24)(H2,19,21,23)/t14-/m0/s1.